The number of azo groups is 2. The van der Waals surface area contributed by atoms with Gasteiger partial charge in [0, 0.05) is 50.4 Å². The van der Waals surface area contributed by atoms with Gasteiger partial charge in [0.2, 0.25) is 12.1 Å². The standard InChI is InChI=1S/C48H46Cl4N8O8/c1-7-67-40-23-37(55-47(65)42(27(5)61)59-57-38-19-31(15-33(51)21-38)45(63)53-35-13-9-11-29(17-35)25(3)49)24-41(68-8-2)44(40)56-48(66)43(28(6)62)60-58-39-20-32(16-34(52)22-39)46(64)54-36-14-10-12-30(18-36)26(4)50/h9-26,42-43H,7-8H2,1-6H3,(H,53,63)(H,54,64)(H,55,65)(H,56,66). The number of nitrogens with zero attached hydrogens (tertiary/aromatic N) is 4. The molecule has 5 aromatic rings. The summed E-state index contributed by atoms with van der Waals surface area (Å²) < 4.78 is 11.7. The van der Waals surface area contributed by atoms with Gasteiger partial charge in [0.1, 0.15) is 17.2 Å². The highest BCUT2D eigenvalue weighted by Gasteiger charge is 2.28. The Balaban J connectivity index is 1.34. The molecule has 0 aliphatic heterocycles. The van der Waals surface area contributed by atoms with Gasteiger partial charge < -0.3 is 30.7 Å². The summed E-state index contributed by atoms with van der Waals surface area (Å²) in [5, 5.41) is 26.7. The lowest BCUT2D eigenvalue weighted by Gasteiger charge is -2.19. The Morgan fingerprint density at radius 2 is 0.956 bits per heavy atom. The van der Waals surface area contributed by atoms with Crippen LogP contribution in [0.5, 0.6) is 11.5 Å². The van der Waals surface area contributed by atoms with Crippen molar-refractivity contribution in [1.29, 1.82) is 0 Å². The molecule has 16 nitrogen and oxygen atoms in total. The van der Waals surface area contributed by atoms with Crippen LogP contribution in [-0.4, -0.2) is 60.5 Å². The Morgan fingerprint density at radius 3 is 1.34 bits per heavy atom. The summed E-state index contributed by atoms with van der Waals surface area (Å²) in [5.74, 6) is -4.11. The molecule has 0 bridgehead atoms. The highest BCUT2D eigenvalue weighted by atomic mass is 35.5. The summed E-state index contributed by atoms with van der Waals surface area (Å²) in [6.07, 6.45) is 0. The number of ether oxygens (including phenoxy) is 2. The van der Waals surface area contributed by atoms with Crippen molar-refractivity contribution in [2.75, 3.05) is 34.5 Å². The molecule has 0 fully saturated rings. The molecule has 4 unspecified atom stereocenters. The van der Waals surface area contributed by atoms with Crippen molar-refractivity contribution < 1.29 is 38.2 Å². The molecule has 4 N–H and O–H groups in total. The van der Waals surface area contributed by atoms with Gasteiger partial charge in [-0.2, -0.15) is 20.5 Å². The number of hydrogen-bond acceptors (Lipinski definition) is 12. The first kappa shape index (κ1) is 52.3. The van der Waals surface area contributed by atoms with Crippen LogP contribution in [0.3, 0.4) is 0 Å². The molecule has 0 spiro atoms. The maximum atomic E-state index is 13.8. The normalized spacial score (nSPS) is 13.0. The molecule has 20 heteroatoms. The lowest BCUT2D eigenvalue weighted by molar-refractivity contribution is -0.127. The maximum absolute atomic E-state index is 13.8. The summed E-state index contributed by atoms with van der Waals surface area (Å²) >= 11 is 25.1. The average Bonchev–Trinajstić information content (AvgIpc) is 3.27. The molecule has 68 heavy (non-hydrogen) atoms. The van der Waals surface area contributed by atoms with Gasteiger partial charge in [-0.05, 0) is 113 Å². The molecule has 0 aliphatic rings. The van der Waals surface area contributed by atoms with E-state index in [1.165, 1.54) is 48.5 Å². The predicted molar refractivity (Wildman–Crippen MR) is 264 cm³/mol. The van der Waals surface area contributed by atoms with Crippen LogP contribution in [0.2, 0.25) is 10.0 Å². The molecule has 4 amide bonds. The Hall–Kier alpha value is -6.72. The molecule has 0 saturated carbocycles. The van der Waals surface area contributed by atoms with Gasteiger partial charge >= 0.3 is 0 Å². The second-order valence-corrected chi connectivity index (χ2v) is 17.1. The molecular weight excluding hydrogens is 958 g/mol. The Labute approximate surface area is 412 Å². The van der Waals surface area contributed by atoms with Crippen molar-refractivity contribution in [2.24, 2.45) is 20.5 Å². The number of halogens is 4. The van der Waals surface area contributed by atoms with Crippen molar-refractivity contribution in [2.45, 2.75) is 64.4 Å². The van der Waals surface area contributed by atoms with E-state index in [0.717, 1.165) is 25.0 Å². The number of benzene rings is 5. The molecule has 354 valence electrons. The fourth-order valence-corrected chi connectivity index (χ4v) is 7.00. The number of hydrogen-bond donors (Lipinski definition) is 4. The van der Waals surface area contributed by atoms with Gasteiger partial charge in [0.05, 0.1) is 35.3 Å². The summed E-state index contributed by atoms with van der Waals surface area (Å²) in [5.41, 5.74) is 3.13. The summed E-state index contributed by atoms with van der Waals surface area (Å²) in [4.78, 5) is 79.3. The Kier molecular flexibility index (Phi) is 18.7. The number of Topliss-reactive ketones (excluding diaryl/α,β-unsaturated/α-hetero) is 2. The van der Waals surface area contributed by atoms with Crippen LogP contribution in [-0.2, 0) is 19.2 Å². The van der Waals surface area contributed by atoms with Gasteiger partial charge in [-0.1, -0.05) is 47.5 Å². The second kappa shape index (κ2) is 24.3. The monoisotopic (exact) mass is 1000 g/mol. The van der Waals surface area contributed by atoms with E-state index in [2.05, 4.69) is 41.7 Å². The zero-order valence-corrected chi connectivity index (χ0v) is 40.6. The van der Waals surface area contributed by atoms with Crippen LogP contribution in [0.15, 0.2) is 118 Å². The fraction of sp³-hybridized carbons (Fsp3) is 0.250. The van der Waals surface area contributed by atoms with E-state index < -0.39 is 47.3 Å². The number of amides is 4. The topological polar surface area (TPSA) is 218 Å². The van der Waals surface area contributed by atoms with Crippen LogP contribution in [0.25, 0.3) is 0 Å². The van der Waals surface area contributed by atoms with E-state index in [0.29, 0.717) is 11.4 Å². The van der Waals surface area contributed by atoms with Crippen LogP contribution in [0.4, 0.5) is 34.1 Å². The Bertz CT molecular complexity index is 2760. The lowest BCUT2D eigenvalue weighted by atomic mass is 10.1. The minimum absolute atomic E-state index is 0.00240. The zero-order valence-electron chi connectivity index (χ0n) is 37.5. The molecule has 5 aromatic carbocycles. The van der Waals surface area contributed by atoms with Crippen LogP contribution in [0, 0.1) is 0 Å². The average molecular weight is 1000 g/mol. The van der Waals surface area contributed by atoms with Gasteiger partial charge in [-0.3, -0.25) is 28.8 Å². The minimum atomic E-state index is -1.68. The SMILES string of the molecule is CCOc1cc(NC(=O)C(N=Nc2cc(Cl)cc(C(=O)Nc3cccc(C(C)Cl)c3)c2)C(C)=O)cc(OCC)c1NC(=O)C(N=Nc1cc(Cl)cc(C(=O)Nc2cccc(C(C)Cl)c2)c1)C(C)=O. The second-order valence-electron chi connectivity index (χ2n) is 14.9. The van der Waals surface area contributed by atoms with Gasteiger partial charge in [-0.25, -0.2) is 0 Å². The first-order valence-electron chi connectivity index (χ1n) is 21.0. The maximum Gasteiger partial charge on any atom is 0.259 e. The third-order valence-corrected chi connectivity index (χ3v) is 10.5. The fourth-order valence-electron chi connectivity index (χ4n) is 6.27. The quantitative estimate of drug-likeness (QED) is 0.0333. The van der Waals surface area contributed by atoms with Gasteiger partial charge in [0.25, 0.3) is 23.6 Å². The van der Waals surface area contributed by atoms with Crippen molar-refractivity contribution >= 4 is 116 Å². The first-order valence-corrected chi connectivity index (χ1v) is 22.6. The van der Waals surface area contributed by atoms with Crippen molar-refractivity contribution in [3.8, 4) is 11.5 Å². The number of anilines is 4. The Morgan fingerprint density at radius 1 is 0.544 bits per heavy atom. The minimum Gasteiger partial charge on any atom is -0.491 e. The van der Waals surface area contributed by atoms with Crippen molar-refractivity contribution in [1.82, 2.24) is 0 Å². The van der Waals surface area contributed by atoms with Crippen molar-refractivity contribution in [3.05, 3.63) is 129 Å². The number of carbonyl (C=O) groups is 6. The molecule has 0 heterocycles. The number of nitrogens with one attached hydrogen (secondary N) is 4. The van der Waals surface area contributed by atoms with Gasteiger partial charge in [-0.15, -0.1) is 23.2 Å². The van der Waals surface area contributed by atoms with E-state index in [4.69, 9.17) is 55.9 Å². The molecule has 0 saturated heterocycles. The molecule has 0 aliphatic carbocycles. The molecule has 0 radical (unpaired) electrons. The molecular formula is C48H46Cl4N8O8. The molecule has 4 atom stereocenters. The summed E-state index contributed by atoms with van der Waals surface area (Å²) in [6.45, 7) is 9.45. The largest absolute Gasteiger partial charge is 0.491 e. The van der Waals surface area contributed by atoms with Crippen LogP contribution >= 0.6 is 46.4 Å². The first-order chi connectivity index (χ1) is 32.3. The summed E-state index contributed by atoms with van der Waals surface area (Å²) in [6, 6.07) is 21.9. The number of alkyl halides is 2. The third-order valence-electron chi connectivity index (χ3n) is 9.52. The lowest BCUT2D eigenvalue weighted by Crippen LogP contribution is -2.32. The van der Waals surface area contributed by atoms with E-state index in [-0.39, 0.29) is 79.4 Å². The van der Waals surface area contributed by atoms with Crippen molar-refractivity contribution in [3.63, 3.8) is 0 Å². The van der Waals surface area contributed by atoms with Crippen LogP contribution in [0.1, 0.15) is 84.1 Å². The molecule has 0 aromatic heterocycles. The third kappa shape index (κ3) is 14.6. The van der Waals surface area contributed by atoms with E-state index in [9.17, 15) is 28.8 Å². The number of ketones is 2. The highest BCUT2D eigenvalue weighted by Crippen LogP contribution is 2.39. The zero-order chi connectivity index (χ0) is 49.7. The number of carbonyl (C=O) groups excluding carboxylic acids is 6. The summed E-state index contributed by atoms with van der Waals surface area (Å²) in [7, 11) is 0. The number of rotatable bonds is 20. The van der Waals surface area contributed by atoms with E-state index >= 15 is 0 Å². The predicted octanol–water partition coefficient (Wildman–Crippen LogP) is 12.3. The smallest absolute Gasteiger partial charge is 0.259 e. The van der Waals surface area contributed by atoms with Crippen LogP contribution < -0.4 is 30.7 Å². The van der Waals surface area contributed by atoms with Gasteiger partial charge in [0.15, 0.2) is 11.6 Å². The highest BCUT2D eigenvalue weighted by molar-refractivity contribution is 6.32. The van der Waals surface area contributed by atoms with E-state index in [1.807, 2.05) is 12.1 Å². The molecule has 5 rings (SSSR count). The van der Waals surface area contributed by atoms with E-state index in [1.54, 1.807) is 64.1 Å².